The highest BCUT2D eigenvalue weighted by atomic mass is 32.2. The molecule has 8 heteroatoms. The molecule has 0 saturated carbocycles. The molecule has 1 amide bonds. The smallest absolute Gasteiger partial charge is 0.232 e. The molecule has 1 aromatic carbocycles. The Morgan fingerprint density at radius 1 is 1.35 bits per heavy atom. The summed E-state index contributed by atoms with van der Waals surface area (Å²) in [6.45, 7) is 1.89. The van der Waals surface area contributed by atoms with Crippen LogP contribution in [0.2, 0.25) is 0 Å². The number of nitrogens with zero attached hydrogens (tertiary/aromatic N) is 1. The van der Waals surface area contributed by atoms with Crippen LogP contribution in [0.4, 0.5) is 5.69 Å². The predicted molar refractivity (Wildman–Crippen MR) is 73.4 cm³/mol. The average molecular weight is 300 g/mol. The van der Waals surface area contributed by atoms with E-state index in [1.807, 2.05) is 0 Å². The molecule has 0 aliphatic carbocycles. The molecule has 0 bridgehead atoms. The molecule has 20 heavy (non-hydrogen) atoms. The summed E-state index contributed by atoms with van der Waals surface area (Å²) < 4.78 is 35.3. The first-order chi connectivity index (χ1) is 9.38. The van der Waals surface area contributed by atoms with Gasteiger partial charge in [-0.15, -0.1) is 0 Å². The van der Waals surface area contributed by atoms with E-state index in [2.05, 4.69) is 5.32 Å². The van der Waals surface area contributed by atoms with Crippen LogP contribution >= 0.6 is 0 Å². The third-order valence-electron chi connectivity index (χ3n) is 2.73. The average Bonchev–Trinajstić information content (AvgIpc) is 2.79. The number of hydrogen-bond acceptors (Lipinski definition) is 5. The summed E-state index contributed by atoms with van der Waals surface area (Å²) in [6.07, 6.45) is 1.12. The number of benzene rings is 1. The van der Waals surface area contributed by atoms with Crippen LogP contribution in [0.15, 0.2) is 18.2 Å². The number of ether oxygens (including phenoxy) is 2. The fourth-order valence-corrected chi connectivity index (χ4v) is 2.78. The van der Waals surface area contributed by atoms with Gasteiger partial charge in [-0.3, -0.25) is 9.10 Å². The molecule has 7 nitrogen and oxygen atoms in total. The summed E-state index contributed by atoms with van der Waals surface area (Å²) in [5, 5.41) is 2.57. The summed E-state index contributed by atoms with van der Waals surface area (Å²) in [5.41, 5.74) is 0.474. The van der Waals surface area contributed by atoms with Gasteiger partial charge < -0.3 is 14.8 Å². The highest BCUT2D eigenvalue weighted by Crippen LogP contribution is 2.35. The van der Waals surface area contributed by atoms with E-state index in [1.165, 1.54) is 11.2 Å². The number of sulfonamides is 1. The maximum absolute atomic E-state index is 11.8. The first-order valence-corrected chi connectivity index (χ1v) is 7.84. The first kappa shape index (κ1) is 14.4. The molecule has 1 heterocycles. The van der Waals surface area contributed by atoms with Crippen LogP contribution in [-0.4, -0.2) is 40.5 Å². The second-order valence-electron chi connectivity index (χ2n) is 4.36. The molecule has 2 rings (SSSR count). The number of amides is 1. The third-order valence-corrected chi connectivity index (χ3v) is 3.93. The first-order valence-electron chi connectivity index (χ1n) is 6.00. The summed E-state index contributed by atoms with van der Waals surface area (Å²) in [4.78, 5) is 10.8. The van der Waals surface area contributed by atoms with E-state index >= 15 is 0 Å². The van der Waals surface area contributed by atoms with Crippen molar-refractivity contribution >= 4 is 21.6 Å². The lowest BCUT2D eigenvalue weighted by molar-refractivity contribution is -0.118. The molecule has 0 radical (unpaired) electrons. The Hall–Kier alpha value is -1.96. The van der Waals surface area contributed by atoms with Gasteiger partial charge in [-0.05, 0) is 12.1 Å². The van der Waals surface area contributed by atoms with Crippen molar-refractivity contribution < 1.29 is 22.7 Å². The van der Waals surface area contributed by atoms with E-state index in [9.17, 15) is 13.2 Å². The number of anilines is 1. The topological polar surface area (TPSA) is 84.9 Å². The van der Waals surface area contributed by atoms with Crippen molar-refractivity contribution in [2.24, 2.45) is 0 Å². The number of carbonyl (C=O) groups is 1. The summed E-state index contributed by atoms with van der Waals surface area (Å²) in [7, 11) is -3.45. The largest absolute Gasteiger partial charge is 0.454 e. The standard InChI is InChI=1S/C12H16N2O5S/c1-9(15)13-5-6-14(20(2,16)17)10-3-4-11-12(7-10)19-8-18-11/h3-4,7H,5-6,8H2,1-2H3,(H,13,15). The van der Waals surface area contributed by atoms with Gasteiger partial charge in [0.2, 0.25) is 22.7 Å². The zero-order valence-corrected chi connectivity index (χ0v) is 12.1. The molecule has 0 atom stereocenters. The Bertz CT molecular complexity index is 614. The lowest BCUT2D eigenvalue weighted by Gasteiger charge is -2.22. The maximum Gasteiger partial charge on any atom is 0.232 e. The number of nitrogens with one attached hydrogen (secondary N) is 1. The fourth-order valence-electron chi connectivity index (χ4n) is 1.86. The van der Waals surface area contributed by atoms with Gasteiger partial charge in [0.1, 0.15) is 0 Å². The van der Waals surface area contributed by atoms with E-state index in [0.717, 1.165) is 6.26 Å². The van der Waals surface area contributed by atoms with Gasteiger partial charge in [-0.1, -0.05) is 0 Å². The molecular weight excluding hydrogens is 284 g/mol. The van der Waals surface area contributed by atoms with Crippen LogP contribution in [0.5, 0.6) is 11.5 Å². The lowest BCUT2D eigenvalue weighted by atomic mass is 10.3. The van der Waals surface area contributed by atoms with Crippen molar-refractivity contribution in [2.75, 3.05) is 30.4 Å². The number of fused-ring (bicyclic) bond motifs is 1. The van der Waals surface area contributed by atoms with Crippen molar-refractivity contribution in [2.45, 2.75) is 6.92 Å². The predicted octanol–water partition coefficient (Wildman–Crippen LogP) is 0.317. The van der Waals surface area contributed by atoms with Crippen molar-refractivity contribution in [1.82, 2.24) is 5.32 Å². The van der Waals surface area contributed by atoms with Crippen LogP contribution in [0.3, 0.4) is 0 Å². The van der Waals surface area contributed by atoms with Crippen LogP contribution in [0.1, 0.15) is 6.92 Å². The highest BCUT2D eigenvalue weighted by molar-refractivity contribution is 7.92. The van der Waals surface area contributed by atoms with Crippen molar-refractivity contribution in [1.29, 1.82) is 0 Å². The minimum atomic E-state index is -3.45. The van der Waals surface area contributed by atoms with Crippen LogP contribution in [0, 0.1) is 0 Å². The van der Waals surface area contributed by atoms with E-state index in [1.54, 1.807) is 18.2 Å². The van der Waals surface area contributed by atoms with Gasteiger partial charge in [0.05, 0.1) is 18.5 Å². The molecular formula is C12H16N2O5S. The van der Waals surface area contributed by atoms with Gasteiger partial charge in [0.25, 0.3) is 0 Å². The van der Waals surface area contributed by atoms with E-state index in [-0.39, 0.29) is 25.8 Å². The van der Waals surface area contributed by atoms with Gasteiger partial charge in [-0.2, -0.15) is 0 Å². The quantitative estimate of drug-likeness (QED) is 0.846. The van der Waals surface area contributed by atoms with Gasteiger partial charge in [0.15, 0.2) is 11.5 Å². The second kappa shape index (κ2) is 5.58. The molecule has 0 aromatic heterocycles. The molecule has 0 saturated heterocycles. The van der Waals surface area contributed by atoms with Crippen LogP contribution in [0.25, 0.3) is 0 Å². The summed E-state index contributed by atoms with van der Waals surface area (Å²) >= 11 is 0. The zero-order valence-electron chi connectivity index (χ0n) is 11.3. The molecule has 1 aliphatic rings. The number of hydrogen-bond donors (Lipinski definition) is 1. The van der Waals surface area contributed by atoms with Crippen LogP contribution in [-0.2, 0) is 14.8 Å². The number of carbonyl (C=O) groups excluding carboxylic acids is 1. The zero-order chi connectivity index (χ0) is 14.8. The minimum absolute atomic E-state index is 0.129. The second-order valence-corrected chi connectivity index (χ2v) is 6.26. The summed E-state index contributed by atoms with van der Waals surface area (Å²) in [6, 6.07) is 4.91. The molecule has 110 valence electrons. The fraction of sp³-hybridized carbons (Fsp3) is 0.417. The Labute approximate surface area is 117 Å². The molecule has 0 fully saturated rings. The van der Waals surface area contributed by atoms with Crippen LogP contribution < -0.4 is 19.1 Å². The molecule has 1 aromatic rings. The van der Waals surface area contributed by atoms with Gasteiger partial charge in [-0.25, -0.2) is 8.42 Å². The molecule has 0 spiro atoms. The normalized spacial score (nSPS) is 13.1. The minimum Gasteiger partial charge on any atom is -0.454 e. The molecule has 0 unspecified atom stereocenters. The van der Waals surface area contributed by atoms with Crippen molar-refractivity contribution in [3.63, 3.8) is 0 Å². The van der Waals surface area contributed by atoms with E-state index in [4.69, 9.17) is 9.47 Å². The lowest BCUT2D eigenvalue weighted by Crippen LogP contribution is -2.37. The van der Waals surface area contributed by atoms with E-state index in [0.29, 0.717) is 17.2 Å². The van der Waals surface area contributed by atoms with E-state index < -0.39 is 10.0 Å². The maximum atomic E-state index is 11.8. The summed E-state index contributed by atoms with van der Waals surface area (Å²) in [5.74, 6) is 0.892. The Morgan fingerprint density at radius 2 is 2.05 bits per heavy atom. The van der Waals surface area contributed by atoms with Crippen molar-refractivity contribution in [3.05, 3.63) is 18.2 Å². The third kappa shape index (κ3) is 3.32. The Kier molecular flexibility index (Phi) is 4.03. The Morgan fingerprint density at radius 3 is 2.70 bits per heavy atom. The molecule has 1 N–H and O–H groups in total. The highest BCUT2D eigenvalue weighted by Gasteiger charge is 2.21. The van der Waals surface area contributed by atoms with Gasteiger partial charge in [0, 0.05) is 19.5 Å². The van der Waals surface area contributed by atoms with Crippen molar-refractivity contribution in [3.8, 4) is 11.5 Å². The Balaban J connectivity index is 2.20. The monoisotopic (exact) mass is 300 g/mol. The van der Waals surface area contributed by atoms with Gasteiger partial charge >= 0.3 is 0 Å². The number of rotatable bonds is 5. The molecule has 1 aliphatic heterocycles. The SMILES string of the molecule is CC(=O)NCCN(c1ccc2c(c1)OCO2)S(C)(=O)=O.